The van der Waals surface area contributed by atoms with E-state index in [1.807, 2.05) is 0 Å². The molecular formula is C12H30Si2. The summed E-state index contributed by atoms with van der Waals surface area (Å²) in [4.78, 5) is 0. The van der Waals surface area contributed by atoms with Gasteiger partial charge in [0.2, 0.25) is 0 Å². The minimum atomic E-state index is -0.776. The minimum absolute atomic E-state index is 0.302. The van der Waals surface area contributed by atoms with E-state index in [-0.39, 0.29) is 0 Å². The quantitative estimate of drug-likeness (QED) is 0.551. The van der Waals surface area contributed by atoms with E-state index in [0.29, 0.717) is 9.52 Å². The van der Waals surface area contributed by atoms with Crippen LogP contribution in [0.5, 0.6) is 0 Å². The molecule has 1 atom stereocenters. The van der Waals surface area contributed by atoms with Crippen molar-refractivity contribution < 1.29 is 0 Å². The van der Waals surface area contributed by atoms with E-state index < -0.39 is 8.07 Å². The van der Waals surface area contributed by atoms with E-state index >= 15 is 0 Å². The Morgan fingerprint density at radius 2 is 1.86 bits per heavy atom. The Kier molecular flexibility index (Phi) is 7.93. The molecule has 0 fully saturated rings. The Bertz CT molecular complexity index is 132. The SMILES string of the molecule is CCCCC(CC)C[Si](C)(C)C[SiH2]C. The van der Waals surface area contributed by atoms with Crippen molar-refractivity contribution in [1.82, 2.24) is 0 Å². The Balaban J connectivity index is 3.89. The lowest BCUT2D eigenvalue weighted by Gasteiger charge is -2.27. The monoisotopic (exact) mass is 230 g/mol. The summed E-state index contributed by atoms with van der Waals surface area (Å²) in [5, 5.41) is 0. The van der Waals surface area contributed by atoms with E-state index in [2.05, 4.69) is 33.5 Å². The zero-order valence-electron chi connectivity index (χ0n) is 11.0. The predicted octanol–water partition coefficient (Wildman–Crippen LogP) is 4.09. The average Bonchev–Trinajstić information content (AvgIpc) is 2.12. The first-order chi connectivity index (χ1) is 6.55. The molecule has 0 saturated carbocycles. The molecule has 0 aliphatic rings. The summed E-state index contributed by atoms with van der Waals surface area (Å²) in [6, 6.07) is 1.60. The topological polar surface area (TPSA) is 0 Å². The fourth-order valence-corrected chi connectivity index (χ4v) is 10.8. The second kappa shape index (κ2) is 7.69. The van der Waals surface area contributed by atoms with Gasteiger partial charge in [-0.15, -0.1) is 0 Å². The van der Waals surface area contributed by atoms with E-state index in [4.69, 9.17) is 0 Å². The van der Waals surface area contributed by atoms with Crippen LogP contribution in [0.15, 0.2) is 0 Å². The largest absolute Gasteiger partial charge is 0.0750 e. The summed E-state index contributed by atoms with van der Waals surface area (Å²) < 4.78 is 0. The molecule has 0 spiro atoms. The fraction of sp³-hybridized carbons (Fsp3) is 1.00. The molecule has 0 aromatic carbocycles. The standard InChI is InChI=1S/C12H30Si2/c1-6-8-9-12(7-2)10-14(4,5)11-13-3/h12H,6-11,13H2,1-5H3. The number of rotatable bonds is 8. The summed E-state index contributed by atoms with van der Waals surface area (Å²) in [6.45, 7) is 12.4. The van der Waals surface area contributed by atoms with Crippen molar-refractivity contribution in [2.24, 2.45) is 5.92 Å². The van der Waals surface area contributed by atoms with Gasteiger partial charge >= 0.3 is 0 Å². The van der Waals surface area contributed by atoms with Crippen molar-refractivity contribution in [3.05, 3.63) is 0 Å². The summed E-state index contributed by atoms with van der Waals surface area (Å²) >= 11 is 0. The van der Waals surface area contributed by atoms with Crippen LogP contribution in [0.4, 0.5) is 0 Å². The fourth-order valence-electron chi connectivity index (χ4n) is 2.50. The summed E-state index contributed by atoms with van der Waals surface area (Å²) in [6.07, 6.45) is 5.74. The molecule has 14 heavy (non-hydrogen) atoms. The van der Waals surface area contributed by atoms with Crippen LogP contribution in [0, 0.1) is 5.92 Å². The normalized spacial score (nSPS) is 15.2. The number of unbranched alkanes of at least 4 members (excludes halogenated alkanes) is 1. The molecule has 0 aromatic heterocycles. The van der Waals surface area contributed by atoms with Gasteiger partial charge in [0.05, 0.1) is 0 Å². The highest BCUT2D eigenvalue weighted by molar-refractivity contribution is 6.84. The lowest BCUT2D eigenvalue weighted by atomic mass is 10.0. The van der Waals surface area contributed by atoms with Crippen LogP contribution in [0.2, 0.25) is 31.4 Å². The van der Waals surface area contributed by atoms with Crippen LogP contribution in [0.1, 0.15) is 39.5 Å². The Morgan fingerprint density at radius 3 is 2.29 bits per heavy atom. The van der Waals surface area contributed by atoms with Gasteiger partial charge < -0.3 is 0 Å². The third-order valence-electron chi connectivity index (χ3n) is 3.31. The first-order valence-electron chi connectivity index (χ1n) is 6.55. The van der Waals surface area contributed by atoms with E-state index in [1.54, 1.807) is 11.7 Å². The maximum Gasteiger partial charge on any atom is 0.0445 e. The summed E-state index contributed by atoms with van der Waals surface area (Å²) in [5.74, 6) is 1.05. The highest BCUT2D eigenvalue weighted by Gasteiger charge is 2.23. The third-order valence-corrected chi connectivity index (χ3v) is 12.4. The Hall–Kier alpha value is 0.434. The van der Waals surface area contributed by atoms with Gasteiger partial charge in [-0.1, -0.05) is 70.9 Å². The maximum absolute atomic E-state index is 2.61. The molecule has 0 nitrogen and oxygen atoms in total. The van der Waals surface area contributed by atoms with Crippen LogP contribution in [0.3, 0.4) is 0 Å². The van der Waals surface area contributed by atoms with Crippen molar-refractivity contribution in [3.63, 3.8) is 0 Å². The molecule has 0 saturated heterocycles. The zero-order valence-corrected chi connectivity index (χ0v) is 13.4. The average molecular weight is 231 g/mol. The number of hydrogen-bond donors (Lipinski definition) is 0. The lowest BCUT2D eigenvalue weighted by Crippen LogP contribution is -2.29. The molecule has 0 aliphatic heterocycles. The molecule has 0 radical (unpaired) electrons. The van der Waals surface area contributed by atoms with Gasteiger partial charge in [-0.3, -0.25) is 0 Å². The van der Waals surface area contributed by atoms with Crippen molar-refractivity contribution in [2.75, 3.05) is 0 Å². The van der Waals surface area contributed by atoms with Crippen LogP contribution >= 0.6 is 0 Å². The highest BCUT2D eigenvalue weighted by atomic mass is 28.4. The van der Waals surface area contributed by atoms with Crippen molar-refractivity contribution >= 4 is 17.6 Å². The van der Waals surface area contributed by atoms with Gasteiger partial charge in [-0.2, -0.15) is 0 Å². The van der Waals surface area contributed by atoms with Crippen molar-refractivity contribution in [3.8, 4) is 0 Å². The molecule has 0 heterocycles. The van der Waals surface area contributed by atoms with E-state index in [1.165, 1.54) is 25.7 Å². The maximum atomic E-state index is 2.61. The Labute approximate surface area is 94.7 Å². The molecular weight excluding hydrogens is 200 g/mol. The number of hydrogen-bond acceptors (Lipinski definition) is 0. The van der Waals surface area contributed by atoms with Gasteiger partial charge in [0.1, 0.15) is 0 Å². The van der Waals surface area contributed by atoms with E-state index in [0.717, 1.165) is 5.92 Å². The molecule has 86 valence electrons. The molecule has 0 amide bonds. The lowest BCUT2D eigenvalue weighted by molar-refractivity contribution is 0.486. The molecule has 0 rings (SSSR count). The van der Waals surface area contributed by atoms with Crippen LogP contribution in [-0.2, 0) is 0 Å². The molecule has 2 heteroatoms. The zero-order chi connectivity index (χ0) is 11.0. The summed E-state index contributed by atoms with van der Waals surface area (Å²) in [5.41, 5.74) is 1.66. The van der Waals surface area contributed by atoms with Gasteiger partial charge in [0.25, 0.3) is 0 Å². The van der Waals surface area contributed by atoms with Crippen LogP contribution in [-0.4, -0.2) is 17.6 Å². The molecule has 0 aliphatic carbocycles. The van der Waals surface area contributed by atoms with Crippen molar-refractivity contribution in [2.45, 2.75) is 70.9 Å². The smallest absolute Gasteiger partial charge is 0.0445 e. The molecule has 0 bridgehead atoms. The molecule has 0 aromatic rings. The third kappa shape index (κ3) is 6.82. The summed E-state index contributed by atoms with van der Waals surface area (Å²) in [7, 11) is -0.474. The molecule has 1 unspecified atom stereocenters. The van der Waals surface area contributed by atoms with Gasteiger partial charge in [0, 0.05) is 17.6 Å². The van der Waals surface area contributed by atoms with Gasteiger partial charge in [-0.05, 0) is 5.92 Å². The highest BCUT2D eigenvalue weighted by Crippen LogP contribution is 2.26. The first kappa shape index (κ1) is 14.4. The van der Waals surface area contributed by atoms with Crippen molar-refractivity contribution in [1.29, 1.82) is 0 Å². The minimum Gasteiger partial charge on any atom is -0.0750 e. The second-order valence-corrected chi connectivity index (χ2v) is 13.3. The molecule has 0 N–H and O–H groups in total. The van der Waals surface area contributed by atoms with E-state index in [9.17, 15) is 0 Å². The van der Waals surface area contributed by atoms with Crippen LogP contribution in [0.25, 0.3) is 0 Å². The van der Waals surface area contributed by atoms with Crippen LogP contribution < -0.4 is 0 Å². The predicted molar refractivity (Wildman–Crippen MR) is 74.8 cm³/mol. The second-order valence-electron chi connectivity index (χ2n) is 5.53. The van der Waals surface area contributed by atoms with Gasteiger partial charge in [0.15, 0.2) is 0 Å². The Morgan fingerprint density at radius 1 is 1.21 bits per heavy atom. The van der Waals surface area contributed by atoms with Gasteiger partial charge in [-0.25, -0.2) is 0 Å². The first-order valence-corrected chi connectivity index (χ1v) is 12.4.